The van der Waals surface area contributed by atoms with Crippen molar-refractivity contribution in [3.63, 3.8) is 0 Å². The van der Waals surface area contributed by atoms with Gasteiger partial charge in [0.15, 0.2) is 5.60 Å². The highest BCUT2D eigenvalue weighted by Crippen LogP contribution is 2.33. The van der Waals surface area contributed by atoms with Crippen molar-refractivity contribution in [1.82, 2.24) is 14.7 Å². The van der Waals surface area contributed by atoms with Gasteiger partial charge in [0, 0.05) is 23.7 Å². The fraction of sp³-hybridized carbons (Fsp3) is 0.200. The quantitative estimate of drug-likeness (QED) is 0.419. The average molecular weight is 468 g/mol. The molecule has 4 aromatic rings. The van der Waals surface area contributed by atoms with Gasteiger partial charge in [-0.2, -0.15) is 18.3 Å². The Bertz CT molecular complexity index is 1280. The second-order valence-electron chi connectivity index (χ2n) is 8.04. The summed E-state index contributed by atoms with van der Waals surface area (Å²) in [6, 6.07) is 22.4. The van der Waals surface area contributed by atoms with Crippen molar-refractivity contribution in [1.29, 1.82) is 0 Å². The zero-order chi connectivity index (χ0) is 24.3. The molecule has 0 aliphatic carbocycles. The van der Waals surface area contributed by atoms with E-state index >= 15 is 0 Å². The van der Waals surface area contributed by atoms with Gasteiger partial charge in [0.2, 0.25) is 0 Å². The van der Waals surface area contributed by atoms with Crippen LogP contribution in [0.25, 0.3) is 16.6 Å². The molecule has 176 valence electrons. The highest BCUT2D eigenvalue weighted by molar-refractivity contribution is 5.94. The van der Waals surface area contributed by atoms with Gasteiger partial charge in [0.25, 0.3) is 5.91 Å². The molecule has 9 heteroatoms. The number of hydrogen-bond acceptors (Lipinski definition) is 4. The molecule has 1 heterocycles. The summed E-state index contributed by atoms with van der Waals surface area (Å²) in [5.74, 6) is -0.616. The summed E-state index contributed by atoms with van der Waals surface area (Å²) in [6.45, 7) is -1.78. The van der Waals surface area contributed by atoms with E-state index in [4.69, 9.17) is 0 Å². The van der Waals surface area contributed by atoms with Crippen molar-refractivity contribution in [2.45, 2.75) is 11.8 Å². The number of hydrogen-bond donors (Lipinski definition) is 2. The second kappa shape index (κ2) is 9.18. The summed E-state index contributed by atoms with van der Waals surface area (Å²) in [5, 5.41) is 18.3. The summed E-state index contributed by atoms with van der Waals surface area (Å²) in [6.07, 6.45) is -3.42. The lowest BCUT2D eigenvalue weighted by molar-refractivity contribution is -0.256. The third kappa shape index (κ3) is 4.60. The third-order valence-electron chi connectivity index (χ3n) is 5.58. The molecular weight excluding hydrogens is 445 g/mol. The van der Waals surface area contributed by atoms with E-state index in [1.165, 1.54) is 19.2 Å². The number of carbonyl (C=O) groups is 1. The zero-order valence-electron chi connectivity index (χ0n) is 18.3. The van der Waals surface area contributed by atoms with E-state index in [-0.39, 0.29) is 5.56 Å². The standard InChI is InChI=1S/C25H23F3N4O2/c1-31(23(33)18-9-4-2-5-10-18)17-24(34,25(26,27)28)16-29-21-13-8-14-22-20(21)15-30-32(22)19-11-6-3-7-12-19/h2-15,29,34H,16-17H2,1H3. The lowest BCUT2D eigenvalue weighted by Crippen LogP contribution is -2.58. The van der Waals surface area contributed by atoms with E-state index in [9.17, 15) is 23.1 Å². The van der Waals surface area contributed by atoms with Crippen LogP contribution in [-0.2, 0) is 0 Å². The SMILES string of the molecule is CN(CC(O)(CNc1cccc2c1cnn2-c1ccccc1)C(F)(F)F)C(=O)c1ccccc1. The first-order valence-corrected chi connectivity index (χ1v) is 10.6. The van der Waals surface area contributed by atoms with Crippen LogP contribution in [0.2, 0.25) is 0 Å². The minimum absolute atomic E-state index is 0.237. The number of para-hydroxylation sites is 1. The number of anilines is 1. The van der Waals surface area contributed by atoms with Crippen LogP contribution in [0.4, 0.5) is 18.9 Å². The molecule has 1 amide bonds. The highest BCUT2D eigenvalue weighted by Gasteiger charge is 2.54. The van der Waals surface area contributed by atoms with Crippen molar-refractivity contribution < 1.29 is 23.1 Å². The fourth-order valence-corrected chi connectivity index (χ4v) is 3.73. The number of halogens is 3. The smallest absolute Gasteiger partial charge is 0.381 e. The Kier molecular flexibility index (Phi) is 6.30. The van der Waals surface area contributed by atoms with Gasteiger partial charge in [-0.1, -0.05) is 42.5 Å². The number of nitrogens with zero attached hydrogens (tertiary/aromatic N) is 3. The van der Waals surface area contributed by atoms with Gasteiger partial charge in [-0.25, -0.2) is 4.68 Å². The lowest BCUT2D eigenvalue weighted by Gasteiger charge is -2.34. The maximum atomic E-state index is 13.9. The molecule has 1 atom stereocenters. The molecule has 1 unspecified atom stereocenters. The van der Waals surface area contributed by atoms with Gasteiger partial charge in [-0.15, -0.1) is 0 Å². The van der Waals surface area contributed by atoms with Crippen LogP contribution in [0, 0.1) is 0 Å². The predicted octanol–water partition coefficient (Wildman–Crippen LogP) is 4.50. The van der Waals surface area contributed by atoms with Crippen molar-refractivity contribution in [2.75, 3.05) is 25.5 Å². The minimum atomic E-state index is -4.98. The Hall–Kier alpha value is -3.85. The molecule has 3 aromatic carbocycles. The number of aliphatic hydroxyl groups is 1. The average Bonchev–Trinajstić information content (AvgIpc) is 3.27. The number of nitrogens with one attached hydrogen (secondary N) is 1. The van der Waals surface area contributed by atoms with Crippen molar-refractivity contribution >= 4 is 22.5 Å². The van der Waals surface area contributed by atoms with Crippen LogP contribution in [0.3, 0.4) is 0 Å². The second-order valence-corrected chi connectivity index (χ2v) is 8.04. The van der Waals surface area contributed by atoms with E-state index < -0.39 is 30.8 Å². The highest BCUT2D eigenvalue weighted by atomic mass is 19.4. The molecule has 1 aromatic heterocycles. The summed E-state index contributed by atoms with van der Waals surface area (Å²) in [4.78, 5) is 13.4. The van der Waals surface area contributed by atoms with Crippen molar-refractivity contribution in [3.05, 3.63) is 90.6 Å². The van der Waals surface area contributed by atoms with Crippen LogP contribution in [-0.4, -0.2) is 57.6 Å². The van der Waals surface area contributed by atoms with E-state index in [1.54, 1.807) is 41.2 Å². The zero-order valence-corrected chi connectivity index (χ0v) is 18.3. The predicted molar refractivity (Wildman–Crippen MR) is 124 cm³/mol. The van der Waals surface area contributed by atoms with E-state index in [1.807, 2.05) is 36.4 Å². The first-order chi connectivity index (χ1) is 16.2. The van der Waals surface area contributed by atoms with Gasteiger partial charge >= 0.3 is 6.18 Å². The molecule has 4 rings (SSSR count). The van der Waals surface area contributed by atoms with Crippen LogP contribution in [0.1, 0.15) is 10.4 Å². The number of likely N-dealkylation sites (N-methyl/N-ethyl adjacent to an activating group) is 1. The van der Waals surface area contributed by atoms with Gasteiger partial charge in [0.1, 0.15) is 0 Å². The van der Waals surface area contributed by atoms with Crippen LogP contribution in [0.5, 0.6) is 0 Å². The number of amides is 1. The van der Waals surface area contributed by atoms with E-state index in [0.29, 0.717) is 16.6 Å². The number of aromatic nitrogens is 2. The Balaban J connectivity index is 1.57. The fourth-order valence-electron chi connectivity index (χ4n) is 3.73. The molecule has 6 nitrogen and oxygen atoms in total. The molecule has 2 N–H and O–H groups in total. The summed E-state index contributed by atoms with van der Waals surface area (Å²) >= 11 is 0. The molecule has 0 saturated carbocycles. The molecule has 0 aliphatic heterocycles. The van der Waals surface area contributed by atoms with Gasteiger partial charge in [-0.05, 0) is 36.4 Å². The first-order valence-electron chi connectivity index (χ1n) is 10.6. The number of benzene rings is 3. The lowest BCUT2D eigenvalue weighted by atomic mass is 10.0. The first kappa shape index (κ1) is 23.3. The number of carbonyl (C=O) groups excluding carboxylic acids is 1. The van der Waals surface area contributed by atoms with Gasteiger partial charge in [0.05, 0.1) is 30.5 Å². The van der Waals surface area contributed by atoms with Gasteiger partial charge in [-0.3, -0.25) is 4.79 Å². The largest absolute Gasteiger partial charge is 0.420 e. The Labute approximate surface area is 194 Å². The van der Waals surface area contributed by atoms with Gasteiger partial charge < -0.3 is 15.3 Å². The molecule has 0 bridgehead atoms. The van der Waals surface area contributed by atoms with Crippen LogP contribution in [0.15, 0.2) is 85.1 Å². The molecule has 0 aliphatic rings. The normalized spacial score (nSPS) is 13.4. The molecule has 0 radical (unpaired) electrons. The van der Waals surface area contributed by atoms with Crippen LogP contribution < -0.4 is 5.32 Å². The topological polar surface area (TPSA) is 70.4 Å². The molecule has 0 spiro atoms. The maximum Gasteiger partial charge on any atom is 0.420 e. The van der Waals surface area contributed by atoms with E-state index in [2.05, 4.69) is 10.4 Å². The van der Waals surface area contributed by atoms with Crippen LogP contribution >= 0.6 is 0 Å². The Morgan fingerprint density at radius 1 is 1.00 bits per heavy atom. The molecular formula is C25H23F3N4O2. The third-order valence-corrected chi connectivity index (χ3v) is 5.58. The van der Waals surface area contributed by atoms with Crippen molar-refractivity contribution in [3.8, 4) is 5.69 Å². The number of alkyl halides is 3. The maximum absolute atomic E-state index is 13.9. The number of fused-ring (bicyclic) bond motifs is 1. The minimum Gasteiger partial charge on any atom is -0.381 e. The summed E-state index contributed by atoms with van der Waals surface area (Å²) in [5.41, 5.74) is -1.05. The Morgan fingerprint density at radius 2 is 1.65 bits per heavy atom. The summed E-state index contributed by atoms with van der Waals surface area (Å²) in [7, 11) is 1.23. The number of rotatable bonds is 7. The van der Waals surface area contributed by atoms with Crippen molar-refractivity contribution in [2.24, 2.45) is 0 Å². The molecule has 0 fully saturated rings. The molecule has 0 saturated heterocycles. The Morgan fingerprint density at radius 3 is 2.29 bits per heavy atom. The monoisotopic (exact) mass is 468 g/mol. The summed E-state index contributed by atoms with van der Waals surface area (Å²) < 4.78 is 43.5. The molecule has 34 heavy (non-hydrogen) atoms. The van der Waals surface area contributed by atoms with E-state index in [0.717, 1.165) is 10.6 Å².